The Hall–Kier alpha value is -2.50. The Bertz CT molecular complexity index is 810. The lowest BCUT2D eigenvalue weighted by molar-refractivity contribution is 0.493. The van der Waals surface area contributed by atoms with Crippen LogP contribution in [0.15, 0.2) is 39.8 Å². The van der Waals surface area contributed by atoms with Gasteiger partial charge >= 0.3 is 5.69 Å². The summed E-state index contributed by atoms with van der Waals surface area (Å²) in [5.74, 6) is 0.495. The van der Waals surface area contributed by atoms with E-state index in [1.165, 1.54) is 0 Å². The Morgan fingerprint density at radius 1 is 1.35 bits per heavy atom. The standard InChI is InChI=1S/C14H16N4O2/c1-9(2)18-6-5-17(14(18)19)8-13-16-11-7-10(15)3-4-12(11)20-13/h3-7,9H,8,15H2,1-2H3. The quantitative estimate of drug-likeness (QED) is 0.740. The number of rotatable bonds is 3. The van der Waals surface area contributed by atoms with Gasteiger partial charge in [-0.15, -0.1) is 0 Å². The number of hydrogen-bond donors (Lipinski definition) is 1. The molecule has 2 aromatic heterocycles. The highest BCUT2D eigenvalue weighted by molar-refractivity contribution is 5.76. The second-order valence-electron chi connectivity index (χ2n) is 5.04. The van der Waals surface area contributed by atoms with Crippen LogP contribution in [0.2, 0.25) is 0 Å². The number of aromatic nitrogens is 3. The molecule has 3 rings (SSSR count). The maximum atomic E-state index is 12.1. The number of nitrogens with two attached hydrogens (primary N) is 1. The normalized spacial score (nSPS) is 11.6. The van der Waals surface area contributed by atoms with E-state index in [-0.39, 0.29) is 11.7 Å². The van der Waals surface area contributed by atoms with Gasteiger partial charge in [0.2, 0.25) is 5.89 Å². The largest absolute Gasteiger partial charge is 0.439 e. The number of nitrogen functional groups attached to an aromatic ring is 1. The minimum atomic E-state index is -0.0678. The maximum Gasteiger partial charge on any atom is 0.328 e. The van der Waals surface area contributed by atoms with Crippen molar-refractivity contribution in [2.24, 2.45) is 0 Å². The van der Waals surface area contributed by atoms with Crippen LogP contribution in [-0.2, 0) is 6.54 Å². The molecular weight excluding hydrogens is 256 g/mol. The third kappa shape index (κ3) is 2.09. The number of anilines is 1. The predicted octanol–water partition coefficient (Wildman–Crippen LogP) is 2.00. The van der Waals surface area contributed by atoms with Gasteiger partial charge < -0.3 is 10.2 Å². The van der Waals surface area contributed by atoms with Crippen LogP contribution in [-0.4, -0.2) is 14.1 Å². The second kappa shape index (κ2) is 4.56. The molecule has 1 aromatic carbocycles. The second-order valence-corrected chi connectivity index (χ2v) is 5.04. The highest BCUT2D eigenvalue weighted by atomic mass is 16.3. The molecule has 0 aliphatic heterocycles. The molecule has 20 heavy (non-hydrogen) atoms. The van der Waals surface area contributed by atoms with Crippen LogP contribution in [0.25, 0.3) is 11.1 Å². The van der Waals surface area contributed by atoms with Gasteiger partial charge in [-0.05, 0) is 32.0 Å². The van der Waals surface area contributed by atoms with E-state index in [4.69, 9.17) is 10.2 Å². The van der Waals surface area contributed by atoms with Gasteiger partial charge in [0, 0.05) is 24.1 Å². The third-order valence-corrected chi connectivity index (χ3v) is 3.19. The summed E-state index contributed by atoms with van der Waals surface area (Å²) in [7, 11) is 0. The molecule has 0 unspecified atom stereocenters. The van der Waals surface area contributed by atoms with E-state index in [1.807, 2.05) is 13.8 Å². The fraction of sp³-hybridized carbons (Fsp3) is 0.286. The first-order valence-electron chi connectivity index (χ1n) is 6.47. The van der Waals surface area contributed by atoms with Crippen LogP contribution < -0.4 is 11.4 Å². The molecule has 6 heteroatoms. The van der Waals surface area contributed by atoms with Gasteiger partial charge in [0.05, 0.1) is 0 Å². The molecule has 104 valence electrons. The molecule has 0 spiro atoms. The van der Waals surface area contributed by atoms with Crippen molar-refractivity contribution in [3.8, 4) is 0 Å². The van der Waals surface area contributed by atoms with E-state index in [2.05, 4.69) is 4.98 Å². The lowest BCUT2D eigenvalue weighted by Gasteiger charge is -2.03. The molecule has 6 nitrogen and oxygen atoms in total. The zero-order valence-electron chi connectivity index (χ0n) is 11.4. The van der Waals surface area contributed by atoms with Gasteiger partial charge in [0.1, 0.15) is 12.1 Å². The van der Waals surface area contributed by atoms with Crippen molar-refractivity contribution in [3.63, 3.8) is 0 Å². The SMILES string of the molecule is CC(C)n1ccn(Cc2nc3cc(N)ccc3o2)c1=O. The van der Waals surface area contributed by atoms with E-state index < -0.39 is 0 Å². The molecule has 0 saturated carbocycles. The van der Waals surface area contributed by atoms with Crippen LogP contribution in [0, 0.1) is 0 Å². The Morgan fingerprint density at radius 3 is 2.85 bits per heavy atom. The summed E-state index contributed by atoms with van der Waals surface area (Å²) >= 11 is 0. The molecule has 0 aliphatic carbocycles. The maximum absolute atomic E-state index is 12.1. The summed E-state index contributed by atoms with van der Waals surface area (Å²) in [6.45, 7) is 4.25. The van der Waals surface area contributed by atoms with E-state index >= 15 is 0 Å². The van der Waals surface area contributed by atoms with Crippen molar-refractivity contribution in [1.29, 1.82) is 0 Å². The Balaban J connectivity index is 1.95. The van der Waals surface area contributed by atoms with Gasteiger partial charge in [0.25, 0.3) is 0 Å². The van der Waals surface area contributed by atoms with Gasteiger partial charge in [-0.3, -0.25) is 9.13 Å². The molecule has 0 amide bonds. The number of oxazole rings is 1. The van der Waals surface area contributed by atoms with Crippen LogP contribution in [0.5, 0.6) is 0 Å². The fourth-order valence-electron chi connectivity index (χ4n) is 2.15. The monoisotopic (exact) mass is 272 g/mol. The molecule has 2 N–H and O–H groups in total. The molecule has 2 heterocycles. The number of fused-ring (bicyclic) bond motifs is 1. The van der Waals surface area contributed by atoms with Crippen molar-refractivity contribution in [1.82, 2.24) is 14.1 Å². The zero-order chi connectivity index (χ0) is 14.3. The van der Waals surface area contributed by atoms with Gasteiger partial charge in [-0.25, -0.2) is 9.78 Å². The Kier molecular flexibility index (Phi) is 2.85. The highest BCUT2D eigenvalue weighted by Gasteiger charge is 2.10. The molecule has 0 radical (unpaired) electrons. The highest BCUT2D eigenvalue weighted by Crippen LogP contribution is 2.18. The zero-order valence-corrected chi connectivity index (χ0v) is 11.4. The van der Waals surface area contributed by atoms with Crippen molar-refractivity contribution < 1.29 is 4.42 Å². The lowest BCUT2D eigenvalue weighted by atomic mass is 10.3. The van der Waals surface area contributed by atoms with Crippen molar-refractivity contribution >= 4 is 16.8 Å². The molecule has 0 atom stereocenters. The van der Waals surface area contributed by atoms with Crippen LogP contribution >= 0.6 is 0 Å². The van der Waals surface area contributed by atoms with Crippen LogP contribution in [0.1, 0.15) is 25.8 Å². The topological polar surface area (TPSA) is 79.0 Å². The van der Waals surface area contributed by atoms with Gasteiger partial charge in [-0.1, -0.05) is 0 Å². The predicted molar refractivity (Wildman–Crippen MR) is 76.6 cm³/mol. The summed E-state index contributed by atoms with van der Waals surface area (Å²) in [5, 5.41) is 0. The lowest BCUT2D eigenvalue weighted by Crippen LogP contribution is -2.25. The number of imidazole rings is 1. The first-order chi connectivity index (χ1) is 9.54. The molecule has 0 bridgehead atoms. The van der Waals surface area contributed by atoms with Crippen LogP contribution in [0.3, 0.4) is 0 Å². The van der Waals surface area contributed by atoms with E-state index in [1.54, 1.807) is 39.7 Å². The Morgan fingerprint density at radius 2 is 2.15 bits per heavy atom. The average Bonchev–Trinajstić information content (AvgIpc) is 2.93. The molecule has 3 aromatic rings. The smallest absolute Gasteiger partial charge is 0.328 e. The average molecular weight is 272 g/mol. The summed E-state index contributed by atoms with van der Waals surface area (Å²) in [6, 6.07) is 5.43. The summed E-state index contributed by atoms with van der Waals surface area (Å²) in [6.07, 6.45) is 3.51. The first-order valence-corrected chi connectivity index (χ1v) is 6.47. The number of benzene rings is 1. The van der Waals surface area contributed by atoms with Crippen LogP contribution in [0.4, 0.5) is 5.69 Å². The summed E-state index contributed by atoms with van der Waals surface area (Å²) in [5.41, 5.74) is 7.65. The van der Waals surface area contributed by atoms with E-state index in [9.17, 15) is 4.79 Å². The Labute approximate surface area is 115 Å². The summed E-state index contributed by atoms with van der Waals surface area (Å²) in [4.78, 5) is 16.5. The molecule has 0 saturated heterocycles. The minimum Gasteiger partial charge on any atom is -0.439 e. The molecule has 0 aliphatic rings. The molecular formula is C14H16N4O2. The number of nitrogens with zero attached hydrogens (tertiary/aromatic N) is 3. The fourth-order valence-corrected chi connectivity index (χ4v) is 2.15. The molecule has 0 fully saturated rings. The van der Waals surface area contributed by atoms with Gasteiger partial charge in [-0.2, -0.15) is 0 Å². The van der Waals surface area contributed by atoms with E-state index in [0.29, 0.717) is 29.2 Å². The van der Waals surface area contributed by atoms with Crippen molar-refractivity contribution in [2.75, 3.05) is 5.73 Å². The third-order valence-electron chi connectivity index (χ3n) is 3.19. The van der Waals surface area contributed by atoms with Crippen molar-refractivity contribution in [3.05, 3.63) is 47.0 Å². The van der Waals surface area contributed by atoms with E-state index in [0.717, 1.165) is 0 Å². The first kappa shape index (κ1) is 12.5. The van der Waals surface area contributed by atoms with Crippen molar-refractivity contribution in [2.45, 2.75) is 26.4 Å². The summed E-state index contributed by atoms with van der Waals surface area (Å²) < 4.78 is 8.86. The van der Waals surface area contributed by atoms with Gasteiger partial charge in [0.15, 0.2) is 5.58 Å². The minimum absolute atomic E-state index is 0.0678. The number of hydrogen-bond acceptors (Lipinski definition) is 4.